The van der Waals surface area contributed by atoms with Crippen LogP contribution in [0.15, 0.2) is 40.4 Å². The zero-order valence-corrected chi connectivity index (χ0v) is 13.6. The van der Waals surface area contributed by atoms with Gasteiger partial charge in [0.2, 0.25) is 17.6 Å². The summed E-state index contributed by atoms with van der Waals surface area (Å²) in [4.78, 5) is 20.1. The maximum absolute atomic E-state index is 11.7. The lowest BCUT2D eigenvalue weighted by atomic mass is 10.2. The summed E-state index contributed by atoms with van der Waals surface area (Å²) in [6.45, 7) is 0. The quantitative estimate of drug-likeness (QED) is 0.732. The van der Waals surface area contributed by atoms with Crippen molar-refractivity contribution in [3.63, 3.8) is 0 Å². The Hall–Kier alpha value is -2.25. The van der Waals surface area contributed by atoms with Crippen molar-refractivity contribution in [2.75, 3.05) is 5.32 Å². The van der Waals surface area contributed by atoms with Crippen molar-refractivity contribution in [2.24, 2.45) is 0 Å². The van der Waals surface area contributed by atoms with Crippen molar-refractivity contribution >= 4 is 34.0 Å². The third kappa shape index (κ3) is 4.14. The van der Waals surface area contributed by atoms with Crippen LogP contribution in [0.4, 0.5) is 5.13 Å². The number of carbonyl (C=O) groups is 1. The summed E-state index contributed by atoms with van der Waals surface area (Å²) in [6.07, 6.45) is 3.16. The average molecular weight is 349 g/mol. The number of hydrogen-bond acceptors (Lipinski definition) is 6. The fraction of sp³-hybridized carbons (Fsp3) is 0.200. The Morgan fingerprint density at radius 1 is 1.35 bits per heavy atom. The number of aromatic nitrogens is 3. The van der Waals surface area contributed by atoms with Crippen molar-refractivity contribution in [1.82, 2.24) is 15.1 Å². The van der Waals surface area contributed by atoms with E-state index in [9.17, 15) is 4.79 Å². The van der Waals surface area contributed by atoms with Gasteiger partial charge in [0.05, 0.1) is 5.02 Å². The summed E-state index contributed by atoms with van der Waals surface area (Å²) >= 11 is 7.49. The molecule has 0 spiro atoms. The molecule has 0 aliphatic heterocycles. The second kappa shape index (κ2) is 7.34. The van der Waals surface area contributed by atoms with E-state index < -0.39 is 0 Å². The van der Waals surface area contributed by atoms with Gasteiger partial charge in [0.25, 0.3) is 0 Å². The number of carbonyl (C=O) groups excluding carboxylic acids is 1. The van der Waals surface area contributed by atoms with Crippen LogP contribution in [0.3, 0.4) is 0 Å². The zero-order valence-electron chi connectivity index (χ0n) is 12.0. The SMILES string of the molecule is O=C(CCCc1nc(-c2ccccc2Cl)no1)Nc1nccs1. The Labute approximate surface area is 141 Å². The lowest BCUT2D eigenvalue weighted by molar-refractivity contribution is -0.116. The van der Waals surface area contributed by atoms with E-state index in [-0.39, 0.29) is 5.91 Å². The van der Waals surface area contributed by atoms with E-state index in [2.05, 4.69) is 20.4 Å². The van der Waals surface area contributed by atoms with E-state index in [4.69, 9.17) is 16.1 Å². The van der Waals surface area contributed by atoms with Gasteiger partial charge in [-0.05, 0) is 18.6 Å². The fourth-order valence-corrected chi connectivity index (χ4v) is 2.74. The Bertz CT molecular complexity index is 788. The van der Waals surface area contributed by atoms with E-state index in [0.29, 0.717) is 41.1 Å². The summed E-state index contributed by atoms with van der Waals surface area (Å²) in [5.41, 5.74) is 0.727. The molecule has 23 heavy (non-hydrogen) atoms. The predicted octanol–water partition coefficient (Wildman–Crippen LogP) is 3.81. The topological polar surface area (TPSA) is 80.9 Å². The molecule has 0 bridgehead atoms. The first-order chi connectivity index (χ1) is 11.2. The number of nitrogens with zero attached hydrogens (tertiary/aromatic N) is 3. The minimum Gasteiger partial charge on any atom is -0.339 e. The highest BCUT2D eigenvalue weighted by Crippen LogP contribution is 2.25. The molecule has 6 nitrogen and oxygen atoms in total. The molecular formula is C15H13ClN4O2S. The summed E-state index contributed by atoms with van der Waals surface area (Å²) in [5, 5.41) is 9.64. The van der Waals surface area contributed by atoms with Gasteiger partial charge in [-0.25, -0.2) is 4.98 Å². The van der Waals surface area contributed by atoms with E-state index in [1.54, 1.807) is 12.3 Å². The monoisotopic (exact) mass is 348 g/mol. The molecule has 1 aromatic carbocycles. The van der Waals surface area contributed by atoms with Crippen LogP contribution in [0, 0.1) is 0 Å². The van der Waals surface area contributed by atoms with Crippen molar-refractivity contribution in [2.45, 2.75) is 19.3 Å². The molecule has 3 rings (SSSR count). The van der Waals surface area contributed by atoms with E-state index >= 15 is 0 Å². The summed E-state index contributed by atoms with van der Waals surface area (Å²) in [5.74, 6) is 0.866. The Morgan fingerprint density at radius 3 is 3.00 bits per heavy atom. The average Bonchev–Trinajstić information content (AvgIpc) is 3.20. The van der Waals surface area contributed by atoms with Crippen molar-refractivity contribution in [3.8, 4) is 11.4 Å². The molecule has 1 N–H and O–H groups in total. The van der Waals surface area contributed by atoms with Gasteiger partial charge >= 0.3 is 0 Å². The van der Waals surface area contributed by atoms with Gasteiger partial charge in [-0.15, -0.1) is 11.3 Å². The van der Waals surface area contributed by atoms with Gasteiger partial charge in [0.15, 0.2) is 5.13 Å². The number of benzene rings is 1. The van der Waals surface area contributed by atoms with Crippen LogP contribution in [0.2, 0.25) is 5.02 Å². The molecule has 0 saturated heterocycles. The molecule has 0 unspecified atom stereocenters. The Morgan fingerprint density at radius 2 is 2.22 bits per heavy atom. The molecule has 118 valence electrons. The third-order valence-corrected chi connectivity index (χ3v) is 4.07. The van der Waals surface area contributed by atoms with Crippen LogP contribution < -0.4 is 5.32 Å². The molecule has 0 radical (unpaired) electrons. The summed E-state index contributed by atoms with van der Waals surface area (Å²) in [7, 11) is 0. The van der Waals surface area contributed by atoms with Crippen molar-refractivity contribution in [1.29, 1.82) is 0 Å². The lowest BCUT2D eigenvalue weighted by Gasteiger charge is -1.99. The molecule has 0 aliphatic rings. The first kappa shape index (κ1) is 15.6. The minimum atomic E-state index is -0.0780. The number of hydrogen-bond donors (Lipinski definition) is 1. The van der Waals surface area contributed by atoms with E-state index in [1.807, 2.05) is 23.6 Å². The Balaban J connectivity index is 1.52. The highest BCUT2D eigenvalue weighted by Gasteiger charge is 2.12. The van der Waals surface area contributed by atoms with Crippen molar-refractivity contribution in [3.05, 3.63) is 46.8 Å². The van der Waals surface area contributed by atoms with Gasteiger partial charge in [0.1, 0.15) is 0 Å². The number of aryl methyl sites for hydroxylation is 1. The number of halogens is 1. The van der Waals surface area contributed by atoms with Crippen LogP contribution >= 0.6 is 22.9 Å². The summed E-state index contributed by atoms with van der Waals surface area (Å²) < 4.78 is 5.20. The van der Waals surface area contributed by atoms with E-state index in [1.165, 1.54) is 11.3 Å². The standard InChI is InChI=1S/C15H13ClN4O2S/c16-11-5-2-1-4-10(11)14-19-13(22-20-14)7-3-6-12(21)18-15-17-8-9-23-15/h1-2,4-5,8-9H,3,6-7H2,(H,17,18,21). The predicted molar refractivity (Wildman–Crippen MR) is 88.4 cm³/mol. The van der Waals surface area contributed by atoms with Crippen LogP contribution in [0.1, 0.15) is 18.7 Å². The third-order valence-electron chi connectivity index (χ3n) is 3.06. The highest BCUT2D eigenvalue weighted by atomic mass is 35.5. The maximum Gasteiger partial charge on any atom is 0.226 e. The van der Waals surface area contributed by atoms with Crippen LogP contribution in [-0.2, 0) is 11.2 Å². The molecule has 0 saturated carbocycles. The Kier molecular flexibility index (Phi) is 4.99. The molecule has 0 aliphatic carbocycles. The number of amides is 1. The molecule has 8 heteroatoms. The van der Waals surface area contributed by atoms with Gasteiger partial charge in [-0.2, -0.15) is 4.98 Å². The number of thiazole rings is 1. The second-order valence-electron chi connectivity index (χ2n) is 4.73. The van der Waals surface area contributed by atoms with Crippen LogP contribution in [0.25, 0.3) is 11.4 Å². The second-order valence-corrected chi connectivity index (χ2v) is 6.03. The molecule has 3 aromatic rings. The molecule has 2 heterocycles. The largest absolute Gasteiger partial charge is 0.339 e. The molecule has 1 amide bonds. The lowest BCUT2D eigenvalue weighted by Crippen LogP contribution is -2.11. The number of anilines is 1. The normalized spacial score (nSPS) is 10.7. The highest BCUT2D eigenvalue weighted by molar-refractivity contribution is 7.13. The minimum absolute atomic E-state index is 0.0780. The number of nitrogens with one attached hydrogen (secondary N) is 1. The molecular weight excluding hydrogens is 336 g/mol. The van der Waals surface area contributed by atoms with Gasteiger partial charge in [-0.3, -0.25) is 4.79 Å². The van der Waals surface area contributed by atoms with Gasteiger partial charge in [0, 0.05) is 30.0 Å². The molecule has 0 fully saturated rings. The fourth-order valence-electron chi connectivity index (χ4n) is 1.98. The van der Waals surface area contributed by atoms with Crippen LogP contribution in [-0.4, -0.2) is 21.0 Å². The zero-order chi connectivity index (χ0) is 16.1. The first-order valence-electron chi connectivity index (χ1n) is 6.99. The smallest absolute Gasteiger partial charge is 0.226 e. The van der Waals surface area contributed by atoms with Crippen molar-refractivity contribution < 1.29 is 9.32 Å². The van der Waals surface area contributed by atoms with E-state index in [0.717, 1.165) is 5.56 Å². The molecule has 2 aromatic heterocycles. The maximum atomic E-state index is 11.7. The van der Waals surface area contributed by atoms with Gasteiger partial charge in [-0.1, -0.05) is 28.9 Å². The summed E-state index contributed by atoms with van der Waals surface area (Å²) in [6, 6.07) is 7.31. The van der Waals surface area contributed by atoms with Gasteiger partial charge < -0.3 is 9.84 Å². The van der Waals surface area contributed by atoms with Crippen LogP contribution in [0.5, 0.6) is 0 Å². The first-order valence-corrected chi connectivity index (χ1v) is 8.25. The number of rotatable bonds is 6. The molecule has 0 atom stereocenters.